The molecule has 0 aromatic rings. The first-order valence-corrected chi connectivity index (χ1v) is 7.18. The molecule has 0 aliphatic carbocycles. The van der Waals surface area contributed by atoms with E-state index in [1.54, 1.807) is 0 Å². The van der Waals surface area contributed by atoms with E-state index in [-0.39, 0.29) is 17.7 Å². The van der Waals surface area contributed by atoms with Gasteiger partial charge < -0.3 is 16.0 Å². The molecule has 6 heteroatoms. The van der Waals surface area contributed by atoms with E-state index >= 15 is 0 Å². The Bertz CT molecular complexity index is 331. The molecule has 0 saturated carbocycles. The molecule has 2 saturated heterocycles. The van der Waals surface area contributed by atoms with Crippen LogP contribution in [0, 0.1) is 5.92 Å². The first-order valence-electron chi connectivity index (χ1n) is 7.18. The van der Waals surface area contributed by atoms with Crippen LogP contribution in [-0.4, -0.2) is 67.4 Å². The molecular weight excluding hydrogens is 244 g/mol. The van der Waals surface area contributed by atoms with E-state index in [9.17, 15) is 9.59 Å². The summed E-state index contributed by atoms with van der Waals surface area (Å²) in [4.78, 5) is 27.8. The summed E-state index contributed by atoms with van der Waals surface area (Å²) in [6, 6.07) is 0. The summed E-state index contributed by atoms with van der Waals surface area (Å²) < 4.78 is 0. The summed E-state index contributed by atoms with van der Waals surface area (Å²) >= 11 is 0. The van der Waals surface area contributed by atoms with Gasteiger partial charge in [0.05, 0.1) is 12.5 Å². The molecule has 1 unspecified atom stereocenters. The number of carbonyl (C=O) groups excluding carboxylic acids is 2. The van der Waals surface area contributed by atoms with Gasteiger partial charge in [-0.3, -0.25) is 14.5 Å². The molecule has 6 nitrogen and oxygen atoms in total. The number of hydrogen-bond donors (Lipinski definition) is 2. The van der Waals surface area contributed by atoms with Crippen LogP contribution in [0.15, 0.2) is 0 Å². The number of rotatable bonds is 5. The van der Waals surface area contributed by atoms with Gasteiger partial charge in [-0.15, -0.1) is 0 Å². The third-order valence-electron chi connectivity index (χ3n) is 3.89. The van der Waals surface area contributed by atoms with Gasteiger partial charge in [0.25, 0.3) is 0 Å². The minimum atomic E-state index is 0.00416. The number of likely N-dealkylation sites (tertiary alicyclic amines) is 2. The molecule has 2 aliphatic heterocycles. The van der Waals surface area contributed by atoms with E-state index in [0.717, 1.165) is 38.9 Å². The van der Waals surface area contributed by atoms with Gasteiger partial charge in [0.1, 0.15) is 0 Å². The van der Waals surface area contributed by atoms with E-state index in [0.29, 0.717) is 26.2 Å². The van der Waals surface area contributed by atoms with Crippen LogP contribution in [0.25, 0.3) is 0 Å². The van der Waals surface area contributed by atoms with E-state index in [2.05, 4.69) is 10.2 Å². The van der Waals surface area contributed by atoms with Gasteiger partial charge in [0.15, 0.2) is 0 Å². The second kappa shape index (κ2) is 6.86. The van der Waals surface area contributed by atoms with Crippen molar-refractivity contribution >= 4 is 11.8 Å². The molecule has 0 radical (unpaired) electrons. The highest BCUT2D eigenvalue weighted by Crippen LogP contribution is 2.17. The number of hydrogen-bond acceptors (Lipinski definition) is 4. The van der Waals surface area contributed by atoms with Crippen LogP contribution in [-0.2, 0) is 9.59 Å². The third kappa shape index (κ3) is 3.91. The van der Waals surface area contributed by atoms with E-state index < -0.39 is 0 Å². The highest BCUT2D eigenvalue weighted by Gasteiger charge is 2.28. The second-order valence-corrected chi connectivity index (χ2v) is 5.39. The van der Waals surface area contributed by atoms with E-state index in [1.165, 1.54) is 0 Å². The standard InChI is InChI=1S/C13H24N4O2/c14-4-5-15-13(19)11-3-1-6-16(9-11)10-12(18)17-7-2-8-17/h11H,1-10,14H2,(H,15,19). The zero-order valence-corrected chi connectivity index (χ0v) is 11.4. The van der Waals surface area contributed by atoms with Gasteiger partial charge in [-0.25, -0.2) is 0 Å². The Kier molecular flexibility index (Phi) is 5.15. The zero-order valence-electron chi connectivity index (χ0n) is 11.4. The summed E-state index contributed by atoms with van der Waals surface area (Å²) in [7, 11) is 0. The molecule has 2 aliphatic rings. The Morgan fingerprint density at radius 1 is 1.21 bits per heavy atom. The summed E-state index contributed by atoms with van der Waals surface area (Å²) in [5.41, 5.74) is 5.38. The summed E-state index contributed by atoms with van der Waals surface area (Å²) in [5, 5.41) is 2.84. The second-order valence-electron chi connectivity index (χ2n) is 5.39. The van der Waals surface area contributed by atoms with Crippen molar-refractivity contribution < 1.29 is 9.59 Å². The Hall–Kier alpha value is -1.14. The lowest BCUT2D eigenvalue weighted by molar-refractivity contribution is -0.137. The Morgan fingerprint density at radius 3 is 2.63 bits per heavy atom. The molecule has 0 bridgehead atoms. The van der Waals surface area contributed by atoms with Crippen LogP contribution < -0.4 is 11.1 Å². The predicted molar refractivity (Wildman–Crippen MR) is 72.4 cm³/mol. The molecule has 0 spiro atoms. The fraction of sp³-hybridized carbons (Fsp3) is 0.846. The molecule has 1 atom stereocenters. The van der Waals surface area contributed by atoms with Crippen LogP contribution in [0.3, 0.4) is 0 Å². The number of nitrogens with one attached hydrogen (secondary N) is 1. The largest absolute Gasteiger partial charge is 0.355 e. The summed E-state index contributed by atoms with van der Waals surface area (Å²) in [6.45, 7) is 4.86. The molecule has 0 aromatic carbocycles. The summed E-state index contributed by atoms with van der Waals surface area (Å²) in [5.74, 6) is 0.283. The fourth-order valence-electron chi connectivity index (χ4n) is 2.61. The van der Waals surface area contributed by atoms with Gasteiger partial charge in [0, 0.05) is 32.7 Å². The molecule has 3 N–H and O–H groups in total. The number of amides is 2. The molecule has 108 valence electrons. The average Bonchev–Trinajstić information content (AvgIpc) is 2.34. The van der Waals surface area contributed by atoms with Crippen molar-refractivity contribution in [2.75, 3.05) is 45.8 Å². The van der Waals surface area contributed by atoms with Crippen LogP contribution in [0.1, 0.15) is 19.3 Å². The minimum Gasteiger partial charge on any atom is -0.355 e. The molecule has 2 amide bonds. The number of nitrogens with zero attached hydrogens (tertiary/aromatic N) is 2. The van der Waals surface area contributed by atoms with Gasteiger partial charge in [-0.05, 0) is 25.8 Å². The molecule has 19 heavy (non-hydrogen) atoms. The maximum absolute atomic E-state index is 11.9. The van der Waals surface area contributed by atoms with Crippen LogP contribution in [0.2, 0.25) is 0 Å². The normalized spacial score (nSPS) is 23.8. The first kappa shape index (κ1) is 14.3. The first-order chi connectivity index (χ1) is 9.20. The molecule has 2 heterocycles. The third-order valence-corrected chi connectivity index (χ3v) is 3.89. The Balaban J connectivity index is 1.76. The lowest BCUT2D eigenvalue weighted by Gasteiger charge is -2.36. The number of carbonyl (C=O) groups is 2. The van der Waals surface area contributed by atoms with Crippen LogP contribution in [0.5, 0.6) is 0 Å². The molecule has 0 aromatic heterocycles. The maximum atomic E-state index is 11.9. The lowest BCUT2D eigenvalue weighted by atomic mass is 9.97. The highest BCUT2D eigenvalue weighted by molar-refractivity contribution is 5.80. The van der Waals surface area contributed by atoms with Gasteiger partial charge in [0.2, 0.25) is 11.8 Å². The monoisotopic (exact) mass is 268 g/mol. The molecular formula is C13H24N4O2. The van der Waals surface area contributed by atoms with Crippen molar-refractivity contribution in [3.63, 3.8) is 0 Å². The molecule has 2 fully saturated rings. The average molecular weight is 268 g/mol. The minimum absolute atomic E-state index is 0.00416. The smallest absolute Gasteiger partial charge is 0.236 e. The Morgan fingerprint density at radius 2 is 2.00 bits per heavy atom. The number of piperidine rings is 1. The molecule has 2 rings (SSSR count). The van der Waals surface area contributed by atoms with Crippen molar-refractivity contribution in [1.29, 1.82) is 0 Å². The SMILES string of the molecule is NCCNC(=O)C1CCCN(CC(=O)N2CCC2)C1. The van der Waals surface area contributed by atoms with Gasteiger partial charge >= 0.3 is 0 Å². The number of nitrogens with two attached hydrogens (primary N) is 1. The van der Waals surface area contributed by atoms with Crippen molar-refractivity contribution in [3.05, 3.63) is 0 Å². The van der Waals surface area contributed by atoms with Crippen molar-refractivity contribution in [2.45, 2.75) is 19.3 Å². The van der Waals surface area contributed by atoms with Gasteiger partial charge in [-0.2, -0.15) is 0 Å². The van der Waals surface area contributed by atoms with Gasteiger partial charge in [-0.1, -0.05) is 0 Å². The zero-order chi connectivity index (χ0) is 13.7. The predicted octanol–water partition coefficient (Wildman–Crippen LogP) is -0.994. The van der Waals surface area contributed by atoms with Crippen molar-refractivity contribution in [3.8, 4) is 0 Å². The lowest BCUT2D eigenvalue weighted by Crippen LogP contribution is -2.50. The Labute approximate surface area is 114 Å². The maximum Gasteiger partial charge on any atom is 0.236 e. The van der Waals surface area contributed by atoms with Crippen molar-refractivity contribution in [1.82, 2.24) is 15.1 Å². The highest BCUT2D eigenvalue weighted by atomic mass is 16.2. The topological polar surface area (TPSA) is 78.7 Å². The fourth-order valence-corrected chi connectivity index (χ4v) is 2.61. The summed E-state index contributed by atoms with van der Waals surface area (Å²) in [6.07, 6.45) is 3.01. The van der Waals surface area contributed by atoms with E-state index in [1.807, 2.05) is 4.90 Å². The quantitative estimate of drug-likeness (QED) is 0.671. The van der Waals surface area contributed by atoms with E-state index in [4.69, 9.17) is 5.73 Å². The van der Waals surface area contributed by atoms with Crippen LogP contribution in [0.4, 0.5) is 0 Å². The van der Waals surface area contributed by atoms with Crippen molar-refractivity contribution in [2.24, 2.45) is 11.7 Å². The van der Waals surface area contributed by atoms with Crippen LogP contribution >= 0.6 is 0 Å².